The molecule has 0 saturated carbocycles. The van der Waals surface area contributed by atoms with Gasteiger partial charge in [0.2, 0.25) is 0 Å². The van der Waals surface area contributed by atoms with Crippen LogP contribution in [0.2, 0.25) is 0 Å². The summed E-state index contributed by atoms with van der Waals surface area (Å²) in [4.78, 5) is 42.1. The number of ether oxygens (including phenoxy) is 1. The normalized spacial score (nSPS) is 13.3. The zero-order chi connectivity index (χ0) is 17.3. The molecule has 0 radical (unpaired) electrons. The summed E-state index contributed by atoms with van der Waals surface area (Å²) in [7, 11) is 2.78. The van der Waals surface area contributed by atoms with E-state index in [2.05, 4.69) is 20.1 Å². The van der Waals surface area contributed by atoms with Gasteiger partial charge >= 0.3 is 6.09 Å². The zero-order valence-electron chi connectivity index (χ0n) is 13.1. The van der Waals surface area contributed by atoms with Crippen molar-refractivity contribution in [3.05, 3.63) is 38.8 Å². The van der Waals surface area contributed by atoms with E-state index in [1.54, 1.807) is 4.90 Å². The summed E-state index contributed by atoms with van der Waals surface area (Å²) in [6, 6.07) is 2.75. The second-order valence-corrected chi connectivity index (χ2v) is 6.25. The summed E-state index contributed by atoms with van der Waals surface area (Å²) in [5.74, 6) is -0.243. The van der Waals surface area contributed by atoms with Crippen molar-refractivity contribution in [2.24, 2.45) is 7.05 Å². The number of anilines is 1. The Balaban J connectivity index is 1.76. The van der Waals surface area contributed by atoms with Gasteiger partial charge < -0.3 is 9.64 Å². The van der Waals surface area contributed by atoms with Crippen LogP contribution in [-0.4, -0.2) is 45.3 Å². The molecule has 2 aromatic heterocycles. The second-order valence-electron chi connectivity index (χ2n) is 5.16. The quantitative estimate of drug-likeness (QED) is 0.851. The maximum absolute atomic E-state index is 12.5. The van der Waals surface area contributed by atoms with Crippen LogP contribution in [0.5, 0.6) is 0 Å². The molecule has 0 aromatic carbocycles. The molecule has 0 bridgehead atoms. The third kappa shape index (κ3) is 3.13. The summed E-state index contributed by atoms with van der Waals surface area (Å²) in [6.45, 7) is 0.886. The van der Waals surface area contributed by atoms with E-state index in [1.807, 2.05) is 0 Å². The van der Waals surface area contributed by atoms with E-state index in [1.165, 1.54) is 37.6 Å². The molecule has 1 aliphatic heterocycles. The molecule has 2 amide bonds. The number of nitrogens with one attached hydrogen (secondary N) is 1. The predicted octanol–water partition coefficient (Wildman–Crippen LogP) is 0.614. The van der Waals surface area contributed by atoms with Crippen molar-refractivity contribution >= 4 is 28.5 Å². The first-order valence-electron chi connectivity index (χ1n) is 7.15. The maximum Gasteiger partial charge on any atom is 0.413 e. The van der Waals surface area contributed by atoms with E-state index in [-0.39, 0.29) is 17.2 Å². The lowest BCUT2D eigenvalue weighted by molar-refractivity contribution is 0.0727. The van der Waals surface area contributed by atoms with Crippen LogP contribution in [0.15, 0.2) is 16.9 Å². The Bertz CT molecular complexity index is 859. The molecular weight excluding hydrogens is 334 g/mol. The van der Waals surface area contributed by atoms with E-state index < -0.39 is 6.09 Å². The van der Waals surface area contributed by atoms with Crippen LogP contribution in [0.1, 0.15) is 21.1 Å². The first-order chi connectivity index (χ1) is 11.5. The molecular formula is C14H15N5O4S. The highest BCUT2D eigenvalue weighted by Gasteiger charge is 2.26. The molecule has 0 atom stereocenters. The van der Waals surface area contributed by atoms with E-state index >= 15 is 0 Å². The number of hydrogen-bond donors (Lipinski definition) is 1. The number of carbonyl (C=O) groups is 2. The minimum absolute atomic E-state index is 0.220. The molecule has 126 valence electrons. The third-order valence-corrected chi connectivity index (χ3v) is 4.59. The number of nitrogens with zero attached hydrogens (tertiary/aromatic N) is 4. The number of hydrogen-bond acceptors (Lipinski definition) is 7. The number of carbonyl (C=O) groups excluding carboxylic acids is 2. The molecule has 0 unspecified atom stereocenters. The lowest BCUT2D eigenvalue weighted by atomic mass is 10.1. The topological polar surface area (TPSA) is 106 Å². The Morgan fingerprint density at radius 2 is 2.17 bits per heavy atom. The highest BCUT2D eigenvalue weighted by Crippen LogP contribution is 2.28. The zero-order valence-corrected chi connectivity index (χ0v) is 13.9. The Morgan fingerprint density at radius 3 is 2.88 bits per heavy atom. The molecule has 9 nitrogen and oxygen atoms in total. The van der Waals surface area contributed by atoms with Gasteiger partial charge in [0.1, 0.15) is 5.69 Å². The van der Waals surface area contributed by atoms with Gasteiger partial charge in [-0.1, -0.05) is 11.3 Å². The lowest BCUT2D eigenvalue weighted by Gasteiger charge is -2.25. The minimum Gasteiger partial charge on any atom is -0.453 e. The smallest absolute Gasteiger partial charge is 0.413 e. The van der Waals surface area contributed by atoms with E-state index in [9.17, 15) is 14.4 Å². The van der Waals surface area contributed by atoms with Crippen LogP contribution < -0.4 is 10.9 Å². The second kappa shape index (κ2) is 6.40. The van der Waals surface area contributed by atoms with Crippen molar-refractivity contribution in [3.8, 4) is 0 Å². The SMILES string of the molecule is COC(=O)Nc1nc2c(s1)CN(C(=O)c1ccc(=O)n(C)n1)CC2. The first-order valence-corrected chi connectivity index (χ1v) is 7.96. The Morgan fingerprint density at radius 1 is 1.38 bits per heavy atom. The first kappa shape index (κ1) is 16.1. The Labute approximate surface area is 140 Å². The number of aromatic nitrogens is 3. The summed E-state index contributed by atoms with van der Waals surface area (Å²) in [5, 5.41) is 6.96. The fourth-order valence-electron chi connectivity index (χ4n) is 2.34. The van der Waals surface area contributed by atoms with Crippen LogP contribution in [0.3, 0.4) is 0 Å². The van der Waals surface area contributed by atoms with Crippen LogP contribution in [0, 0.1) is 0 Å². The number of fused-ring (bicyclic) bond motifs is 1. The van der Waals surface area contributed by atoms with Crippen molar-refractivity contribution in [1.29, 1.82) is 0 Å². The number of aryl methyl sites for hydroxylation is 1. The molecule has 1 N–H and O–H groups in total. The number of thiazole rings is 1. The van der Waals surface area contributed by atoms with Crippen molar-refractivity contribution in [2.45, 2.75) is 13.0 Å². The molecule has 1 aliphatic rings. The fourth-order valence-corrected chi connectivity index (χ4v) is 3.35. The summed E-state index contributed by atoms with van der Waals surface area (Å²) >= 11 is 1.31. The monoisotopic (exact) mass is 349 g/mol. The van der Waals surface area contributed by atoms with E-state index in [4.69, 9.17) is 0 Å². The number of amides is 2. The van der Waals surface area contributed by atoms with Gasteiger partial charge in [-0.15, -0.1) is 0 Å². The van der Waals surface area contributed by atoms with Crippen LogP contribution >= 0.6 is 11.3 Å². The molecule has 0 saturated heterocycles. The van der Waals surface area contributed by atoms with E-state index in [0.717, 1.165) is 15.3 Å². The van der Waals surface area contributed by atoms with Crippen LogP contribution in [0.25, 0.3) is 0 Å². The van der Waals surface area contributed by atoms with Crippen molar-refractivity contribution in [3.63, 3.8) is 0 Å². The molecule has 0 fully saturated rings. The average Bonchev–Trinajstić information content (AvgIpc) is 2.97. The maximum atomic E-state index is 12.5. The Hall–Kier alpha value is -2.75. The standard InChI is InChI=1S/C14H15N5O4S/c1-18-11(20)4-3-9(17-18)12(21)19-6-5-8-10(7-19)24-13(15-8)16-14(22)23-2/h3-4H,5-7H2,1-2H3,(H,15,16,22). The molecule has 3 rings (SSSR count). The van der Waals surface area contributed by atoms with Gasteiger partial charge in [-0.3, -0.25) is 14.9 Å². The average molecular weight is 349 g/mol. The molecule has 0 aliphatic carbocycles. The van der Waals surface area contributed by atoms with Gasteiger partial charge in [0.15, 0.2) is 5.13 Å². The highest BCUT2D eigenvalue weighted by molar-refractivity contribution is 7.15. The Kier molecular flexibility index (Phi) is 4.30. The molecule has 24 heavy (non-hydrogen) atoms. The summed E-state index contributed by atoms with van der Waals surface area (Å²) < 4.78 is 5.67. The predicted molar refractivity (Wildman–Crippen MR) is 86.1 cm³/mol. The summed E-state index contributed by atoms with van der Waals surface area (Å²) in [5.41, 5.74) is 0.815. The minimum atomic E-state index is -0.580. The van der Waals surface area contributed by atoms with Crippen molar-refractivity contribution in [1.82, 2.24) is 19.7 Å². The van der Waals surface area contributed by atoms with Gasteiger partial charge in [0.05, 0.1) is 19.3 Å². The molecule has 2 aromatic rings. The third-order valence-electron chi connectivity index (χ3n) is 3.59. The van der Waals surface area contributed by atoms with Gasteiger partial charge in [-0.05, 0) is 6.07 Å². The number of rotatable bonds is 2. The lowest BCUT2D eigenvalue weighted by Crippen LogP contribution is -2.37. The molecule has 3 heterocycles. The highest BCUT2D eigenvalue weighted by atomic mass is 32.1. The van der Waals surface area contributed by atoms with Crippen molar-refractivity contribution in [2.75, 3.05) is 19.0 Å². The van der Waals surface area contributed by atoms with Gasteiger partial charge in [-0.25, -0.2) is 14.5 Å². The van der Waals surface area contributed by atoms with Gasteiger partial charge in [0, 0.05) is 31.0 Å². The summed E-state index contributed by atoms with van der Waals surface area (Å²) in [6.07, 6.45) is 0.00932. The van der Waals surface area contributed by atoms with Crippen LogP contribution in [-0.2, 0) is 24.8 Å². The van der Waals surface area contributed by atoms with Crippen molar-refractivity contribution < 1.29 is 14.3 Å². The van der Waals surface area contributed by atoms with Crippen LogP contribution in [0.4, 0.5) is 9.93 Å². The molecule has 0 spiro atoms. The van der Waals surface area contributed by atoms with Gasteiger partial charge in [-0.2, -0.15) is 5.10 Å². The fraction of sp³-hybridized carbons (Fsp3) is 0.357. The number of methoxy groups -OCH3 is 1. The van der Waals surface area contributed by atoms with Gasteiger partial charge in [0.25, 0.3) is 11.5 Å². The molecule has 10 heteroatoms. The largest absolute Gasteiger partial charge is 0.453 e. The van der Waals surface area contributed by atoms with E-state index in [0.29, 0.717) is 24.6 Å².